The molecule has 2 amide bonds. The van der Waals surface area contributed by atoms with Crippen molar-refractivity contribution in [3.05, 3.63) is 58.6 Å². The average molecular weight is 519 g/mol. The number of piperidine rings is 1. The van der Waals surface area contributed by atoms with E-state index < -0.39 is 5.41 Å². The summed E-state index contributed by atoms with van der Waals surface area (Å²) in [7, 11) is 1.57. The van der Waals surface area contributed by atoms with Crippen LogP contribution < -0.4 is 10.1 Å². The maximum Gasteiger partial charge on any atom is 0.314 e. The van der Waals surface area contributed by atoms with Gasteiger partial charge in [0.1, 0.15) is 17.1 Å². The average Bonchev–Trinajstić information content (AvgIpc) is 3.56. The highest BCUT2D eigenvalue weighted by molar-refractivity contribution is 6.07. The van der Waals surface area contributed by atoms with Crippen molar-refractivity contribution in [3.8, 4) is 5.75 Å². The molecule has 0 saturated carbocycles. The van der Waals surface area contributed by atoms with Gasteiger partial charge in [0.25, 0.3) is 11.8 Å². The second-order valence-electron chi connectivity index (χ2n) is 9.77. The number of hydrogen-bond acceptors (Lipinski definition) is 7. The zero-order valence-corrected chi connectivity index (χ0v) is 21.6. The highest BCUT2D eigenvalue weighted by atomic mass is 16.5. The second-order valence-corrected chi connectivity index (χ2v) is 9.77. The van der Waals surface area contributed by atoms with E-state index in [1.807, 2.05) is 6.92 Å². The van der Waals surface area contributed by atoms with Crippen molar-refractivity contribution in [1.82, 2.24) is 15.2 Å². The molecule has 1 atom stereocenters. The number of amides is 2. The number of cyclic esters (lactones) is 1. The predicted molar refractivity (Wildman–Crippen MR) is 140 cm³/mol. The molecule has 2 saturated heterocycles. The van der Waals surface area contributed by atoms with Gasteiger partial charge < -0.3 is 34.5 Å². The van der Waals surface area contributed by atoms with Crippen LogP contribution in [0.5, 0.6) is 5.75 Å². The van der Waals surface area contributed by atoms with E-state index in [1.54, 1.807) is 43.3 Å². The third kappa shape index (κ3) is 4.25. The molecule has 5 rings (SSSR count). The molecule has 1 unspecified atom stereocenters. The summed E-state index contributed by atoms with van der Waals surface area (Å²) < 4.78 is 17.1. The first kappa shape index (κ1) is 25.3. The smallest absolute Gasteiger partial charge is 0.314 e. The lowest BCUT2D eigenvalue weighted by Crippen LogP contribution is -2.48. The van der Waals surface area contributed by atoms with E-state index in [0.717, 1.165) is 19.1 Å². The molecule has 3 N–H and O–H groups in total. The Morgan fingerprint density at radius 3 is 2.79 bits per heavy atom. The number of ether oxygens (including phenoxy) is 2. The molecule has 2 aromatic heterocycles. The van der Waals surface area contributed by atoms with Crippen LogP contribution in [0, 0.1) is 24.7 Å². The number of aryl methyl sites for hydroxylation is 1. The molecule has 10 nitrogen and oxygen atoms in total. The number of carbonyl (C=O) groups excluding carboxylic acids is 3. The van der Waals surface area contributed by atoms with E-state index in [2.05, 4.69) is 10.3 Å². The van der Waals surface area contributed by atoms with Crippen LogP contribution in [0.2, 0.25) is 0 Å². The van der Waals surface area contributed by atoms with Gasteiger partial charge in [0.05, 0.1) is 28.8 Å². The molecule has 2 aliphatic rings. The fraction of sp³-hybridized carbons (Fsp3) is 0.357. The number of H-pyrrole nitrogens is 1. The van der Waals surface area contributed by atoms with Crippen LogP contribution in [0.4, 0.5) is 0 Å². The molecule has 10 heteroatoms. The first-order chi connectivity index (χ1) is 18.3. The number of aromatic amines is 1. The Labute approximate surface area is 219 Å². The minimum absolute atomic E-state index is 0.160. The summed E-state index contributed by atoms with van der Waals surface area (Å²) in [6.07, 6.45) is 6.35. The van der Waals surface area contributed by atoms with Gasteiger partial charge in [-0.1, -0.05) is 0 Å². The van der Waals surface area contributed by atoms with Crippen molar-refractivity contribution in [2.24, 2.45) is 5.41 Å². The summed E-state index contributed by atoms with van der Waals surface area (Å²) in [5, 5.41) is 10.9. The number of hydrogen-bond donors (Lipinski definition) is 3. The first-order valence-electron chi connectivity index (χ1n) is 12.6. The van der Waals surface area contributed by atoms with E-state index in [0.29, 0.717) is 76.7 Å². The standard InChI is InChI=1S/C28H30N4O6/c1-16-20(26(34)32-11-4-8-28(15-32)9-12-36-27(28)35)14-31-24(16)21(7-10-29)38-18-5-6-19-22(13-18)37-17(2)23(19)25(33)30-3/h5-7,10,13-14,29,31H,4,8-9,11-12,15H2,1-3H3,(H,30,33)/b21-7+,29-10?. The molecule has 38 heavy (non-hydrogen) atoms. The molecule has 3 aromatic rings. The topological polar surface area (TPSA) is 138 Å². The molecule has 0 bridgehead atoms. The van der Waals surface area contributed by atoms with Gasteiger partial charge in [0.2, 0.25) is 0 Å². The Balaban J connectivity index is 1.40. The fourth-order valence-corrected chi connectivity index (χ4v) is 5.45. The lowest BCUT2D eigenvalue weighted by Gasteiger charge is -2.37. The van der Waals surface area contributed by atoms with Gasteiger partial charge in [-0.3, -0.25) is 14.4 Å². The molecule has 0 aliphatic carbocycles. The van der Waals surface area contributed by atoms with E-state index in [-0.39, 0.29) is 17.8 Å². The van der Waals surface area contributed by atoms with Crippen molar-refractivity contribution < 1.29 is 28.3 Å². The quantitative estimate of drug-likeness (QED) is 0.256. The highest BCUT2D eigenvalue weighted by Gasteiger charge is 2.48. The number of carbonyl (C=O) groups is 3. The number of allylic oxidation sites excluding steroid dienone is 1. The van der Waals surface area contributed by atoms with Gasteiger partial charge in [0, 0.05) is 50.1 Å². The molecule has 4 heterocycles. The second kappa shape index (κ2) is 9.85. The van der Waals surface area contributed by atoms with E-state index in [9.17, 15) is 14.4 Å². The van der Waals surface area contributed by atoms with Gasteiger partial charge in [-0.05, 0) is 50.8 Å². The zero-order valence-electron chi connectivity index (χ0n) is 21.6. The van der Waals surface area contributed by atoms with Crippen molar-refractivity contribution in [2.75, 3.05) is 26.7 Å². The van der Waals surface area contributed by atoms with Crippen LogP contribution in [-0.4, -0.2) is 60.6 Å². The number of rotatable bonds is 6. The summed E-state index contributed by atoms with van der Waals surface area (Å²) >= 11 is 0. The van der Waals surface area contributed by atoms with Crippen molar-refractivity contribution in [2.45, 2.75) is 33.1 Å². The number of benzene rings is 1. The molecular weight excluding hydrogens is 488 g/mol. The van der Waals surface area contributed by atoms with E-state index >= 15 is 0 Å². The Kier molecular flexibility index (Phi) is 6.56. The molecule has 2 aliphatic heterocycles. The lowest BCUT2D eigenvalue weighted by molar-refractivity contribution is -0.148. The van der Waals surface area contributed by atoms with E-state index in [1.165, 1.54) is 6.08 Å². The normalized spacial score (nSPS) is 19.6. The van der Waals surface area contributed by atoms with Gasteiger partial charge in [-0.15, -0.1) is 0 Å². The van der Waals surface area contributed by atoms with Crippen LogP contribution in [-0.2, 0) is 9.53 Å². The van der Waals surface area contributed by atoms with Gasteiger partial charge >= 0.3 is 5.97 Å². The monoisotopic (exact) mass is 518 g/mol. The highest BCUT2D eigenvalue weighted by Crippen LogP contribution is 2.39. The fourth-order valence-electron chi connectivity index (χ4n) is 5.45. The van der Waals surface area contributed by atoms with Crippen LogP contribution in [0.25, 0.3) is 16.7 Å². The van der Waals surface area contributed by atoms with Crippen molar-refractivity contribution >= 4 is 40.7 Å². The van der Waals surface area contributed by atoms with Crippen molar-refractivity contribution in [3.63, 3.8) is 0 Å². The molecule has 1 spiro atoms. The predicted octanol–water partition coefficient (Wildman–Crippen LogP) is 3.98. The van der Waals surface area contributed by atoms with Crippen LogP contribution in [0.1, 0.15) is 57.0 Å². The van der Waals surface area contributed by atoms with Gasteiger partial charge in [-0.2, -0.15) is 0 Å². The SMILES string of the molecule is CNC(=O)c1c(C)oc2cc(O/C(=C/C=N)c3[nH]cc(C(=O)N4CCCC5(CCOC5=O)C4)c3C)ccc12. The molecular formula is C28H30N4O6. The summed E-state index contributed by atoms with van der Waals surface area (Å²) in [6, 6.07) is 5.16. The summed E-state index contributed by atoms with van der Waals surface area (Å²) in [5.74, 6) is 0.690. The number of aromatic nitrogens is 1. The number of fused-ring (bicyclic) bond motifs is 1. The Hall–Kier alpha value is -4.34. The molecule has 0 radical (unpaired) electrons. The number of likely N-dealkylation sites (tertiary alicyclic amines) is 1. The largest absolute Gasteiger partial charge is 0.465 e. The van der Waals surface area contributed by atoms with Crippen LogP contribution >= 0.6 is 0 Å². The number of nitrogens with one attached hydrogen (secondary N) is 3. The van der Waals surface area contributed by atoms with E-state index in [4.69, 9.17) is 19.3 Å². The van der Waals surface area contributed by atoms with Crippen molar-refractivity contribution in [1.29, 1.82) is 5.41 Å². The maximum atomic E-state index is 13.5. The lowest BCUT2D eigenvalue weighted by atomic mass is 9.78. The Morgan fingerprint density at radius 2 is 2.08 bits per heavy atom. The third-order valence-corrected chi connectivity index (χ3v) is 7.48. The maximum absolute atomic E-state index is 13.5. The van der Waals surface area contributed by atoms with Gasteiger partial charge in [0.15, 0.2) is 5.76 Å². The third-order valence-electron chi connectivity index (χ3n) is 7.48. The summed E-state index contributed by atoms with van der Waals surface area (Å²) in [5.41, 5.74) is 2.08. The first-order valence-corrected chi connectivity index (χ1v) is 12.6. The van der Waals surface area contributed by atoms with Crippen LogP contribution in [0.15, 0.2) is 34.9 Å². The minimum atomic E-state index is -0.601. The van der Waals surface area contributed by atoms with Crippen LogP contribution in [0.3, 0.4) is 0 Å². The molecule has 2 fully saturated rings. The minimum Gasteiger partial charge on any atom is -0.465 e. The summed E-state index contributed by atoms with van der Waals surface area (Å²) in [4.78, 5) is 43.0. The summed E-state index contributed by atoms with van der Waals surface area (Å²) in [6.45, 7) is 4.88. The number of nitrogens with zero attached hydrogens (tertiary/aromatic N) is 1. The van der Waals surface area contributed by atoms with Gasteiger partial charge in [-0.25, -0.2) is 0 Å². The number of furan rings is 1. The molecule has 198 valence electrons. The Bertz CT molecular complexity index is 1480. The Morgan fingerprint density at radius 1 is 1.26 bits per heavy atom. The molecule has 1 aromatic carbocycles. The number of esters is 1. The zero-order chi connectivity index (χ0) is 27.0.